The Morgan fingerprint density at radius 1 is 0.900 bits per heavy atom. The van der Waals surface area contributed by atoms with Crippen LogP contribution in [-0.4, -0.2) is 51.6 Å². The van der Waals surface area contributed by atoms with Gasteiger partial charge in [0.05, 0.1) is 27.4 Å². The van der Waals surface area contributed by atoms with Crippen LogP contribution in [0.4, 0.5) is 0 Å². The first kappa shape index (κ1) is 22.7. The third-order valence-corrected chi connectivity index (χ3v) is 4.37. The summed E-state index contributed by atoms with van der Waals surface area (Å²) in [5.74, 6) is -0.801. The minimum absolute atomic E-state index is 0.0790. The lowest BCUT2D eigenvalue weighted by molar-refractivity contribution is -0.128. The third kappa shape index (κ3) is 5.73. The van der Waals surface area contributed by atoms with Crippen molar-refractivity contribution in [3.8, 4) is 17.2 Å². The standard InChI is InChI=1S/C22H25NO7/c1-14(24)17(12-15-8-6-5-7-9-15)23-19(25)13-30-22(26)16-10-11-18(27-2)21(29-4)20(16)28-3/h5-11,17H,12-13H2,1-4H3,(H,23,25)/t17-/m1/s1. The van der Waals surface area contributed by atoms with Crippen LogP contribution in [0.1, 0.15) is 22.8 Å². The molecule has 0 fully saturated rings. The number of methoxy groups -OCH3 is 3. The minimum Gasteiger partial charge on any atom is -0.493 e. The average molecular weight is 415 g/mol. The first-order valence-corrected chi connectivity index (χ1v) is 9.21. The Morgan fingerprint density at radius 3 is 2.13 bits per heavy atom. The van der Waals surface area contributed by atoms with Gasteiger partial charge in [-0.25, -0.2) is 4.79 Å². The van der Waals surface area contributed by atoms with Gasteiger partial charge in [-0.2, -0.15) is 0 Å². The fraction of sp³-hybridized carbons (Fsp3) is 0.318. The van der Waals surface area contributed by atoms with Crippen LogP contribution in [-0.2, 0) is 20.7 Å². The van der Waals surface area contributed by atoms with Crippen molar-refractivity contribution >= 4 is 17.7 Å². The number of hydrogen-bond donors (Lipinski definition) is 1. The molecule has 8 nitrogen and oxygen atoms in total. The molecule has 0 heterocycles. The third-order valence-electron chi connectivity index (χ3n) is 4.37. The predicted molar refractivity (Wildman–Crippen MR) is 109 cm³/mol. The van der Waals surface area contributed by atoms with E-state index < -0.39 is 24.5 Å². The van der Waals surface area contributed by atoms with E-state index in [-0.39, 0.29) is 22.8 Å². The zero-order valence-corrected chi connectivity index (χ0v) is 17.4. The second kappa shape index (κ2) is 10.8. The van der Waals surface area contributed by atoms with Crippen molar-refractivity contribution in [2.45, 2.75) is 19.4 Å². The van der Waals surface area contributed by atoms with Crippen molar-refractivity contribution in [1.29, 1.82) is 0 Å². The monoisotopic (exact) mass is 415 g/mol. The number of carbonyl (C=O) groups is 3. The SMILES string of the molecule is COc1ccc(C(=O)OCC(=O)N[C@H](Cc2ccccc2)C(C)=O)c(OC)c1OC. The second-order valence-corrected chi connectivity index (χ2v) is 6.38. The van der Waals surface area contributed by atoms with Gasteiger partial charge in [-0.05, 0) is 31.0 Å². The molecule has 0 aliphatic carbocycles. The molecule has 0 bridgehead atoms. The molecule has 8 heteroatoms. The summed E-state index contributed by atoms with van der Waals surface area (Å²) >= 11 is 0. The number of nitrogens with one attached hydrogen (secondary N) is 1. The van der Waals surface area contributed by atoms with Crippen LogP contribution in [0.15, 0.2) is 42.5 Å². The van der Waals surface area contributed by atoms with Crippen LogP contribution in [0.5, 0.6) is 17.2 Å². The number of ether oxygens (including phenoxy) is 4. The second-order valence-electron chi connectivity index (χ2n) is 6.38. The normalized spacial score (nSPS) is 11.2. The van der Waals surface area contributed by atoms with Crippen molar-refractivity contribution in [3.05, 3.63) is 53.6 Å². The molecule has 1 amide bonds. The van der Waals surface area contributed by atoms with Gasteiger partial charge in [0.15, 0.2) is 23.9 Å². The van der Waals surface area contributed by atoms with E-state index in [4.69, 9.17) is 18.9 Å². The van der Waals surface area contributed by atoms with Gasteiger partial charge in [-0.1, -0.05) is 30.3 Å². The van der Waals surface area contributed by atoms with E-state index in [1.54, 1.807) is 0 Å². The maximum Gasteiger partial charge on any atom is 0.342 e. The highest BCUT2D eigenvalue weighted by Crippen LogP contribution is 2.39. The first-order chi connectivity index (χ1) is 14.4. The van der Waals surface area contributed by atoms with Crippen LogP contribution in [0.25, 0.3) is 0 Å². The molecular formula is C22H25NO7. The molecule has 0 aliphatic rings. The summed E-state index contributed by atoms with van der Waals surface area (Å²) in [7, 11) is 4.25. The fourth-order valence-corrected chi connectivity index (χ4v) is 2.85. The minimum atomic E-state index is -0.773. The molecule has 1 N–H and O–H groups in total. The van der Waals surface area contributed by atoms with Gasteiger partial charge in [0.25, 0.3) is 5.91 Å². The molecule has 2 aromatic carbocycles. The summed E-state index contributed by atoms with van der Waals surface area (Å²) in [6, 6.07) is 11.6. The lowest BCUT2D eigenvalue weighted by Crippen LogP contribution is -2.43. The van der Waals surface area contributed by atoms with Gasteiger partial charge < -0.3 is 24.3 Å². The Hall–Kier alpha value is -3.55. The van der Waals surface area contributed by atoms with Gasteiger partial charge in [0.1, 0.15) is 5.56 Å². The van der Waals surface area contributed by atoms with Gasteiger partial charge in [-0.3, -0.25) is 9.59 Å². The number of amides is 1. The molecule has 0 spiro atoms. The maximum atomic E-state index is 12.5. The van der Waals surface area contributed by atoms with E-state index >= 15 is 0 Å². The molecule has 0 saturated carbocycles. The average Bonchev–Trinajstić information content (AvgIpc) is 2.76. The summed E-state index contributed by atoms with van der Waals surface area (Å²) in [5.41, 5.74) is 0.986. The van der Waals surface area contributed by atoms with E-state index in [2.05, 4.69) is 5.32 Å². The Kier molecular flexibility index (Phi) is 8.22. The number of Topliss-reactive ketones (excluding diaryl/α,β-unsaturated/α-hetero) is 1. The first-order valence-electron chi connectivity index (χ1n) is 9.21. The molecule has 2 rings (SSSR count). The number of carbonyl (C=O) groups excluding carboxylic acids is 3. The topological polar surface area (TPSA) is 100 Å². The highest BCUT2D eigenvalue weighted by molar-refractivity contribution is 5.96. The largest absolute Gasteiger partial charge is 0.493 e. The van der Waals surface area contributed by atoms with Crippen molar-refractivity contribution in [2.75, 3.05) is 27.9 Å². The predicted octanol–water partition coefficient (Wildman–Crippen LogP) is 2.19. The molecule has 0 aromatic heterocycles. The zero-order chi connectivity index (χ0) is 22.1. The van der Waals surface area contributed by atoms with Crippen LogP contribution in [0.3, 0.4) is 0 Å². The molecule has 160 valence electrons. The van der Waals surface area contributed by atoms with E-state index in [0.717, 1.165) is 5.56 Å². The van der Waals surface area contributed by atoms with E-state index in [1.165, 1.54) is 40.4 Å². The van der Waals surface area contributed by atoms with Crippen molar-refractivity contribution in [3.63, 3.8) is 0 Å². The molecule has 2 aromatic rings. The van der Waals surface area contributed by atoms with Crippen molar-refractivity contribution < 1.29 is 33.3 Å². The number of rotatable bonds is 10. The lowest BCUT2D eigenvalue weighted by atomic mass is 10.0. The van der Waals surface area contributed by atoms with Gasteiger partial charge in [0.2, 0.25) is 5.75 Å². The molecular weight excluding hydrogens is 390 g/mol. The van der Waals surface area contributed by atoms with Crippen molar-refractivity contribution in [1.82, 2.24) is 5.32 Å². The van der Waals surface area contributed by atoms with Crippen LogP contribution in [0, 0.1) is 0 Å². The van der Waals surface area contributed by atoms with Gasteiger partial charge in [0, 0.05) is 0 Å². The Labute approximate surface area is 175 Å². The highest BCUT2D eigenvalue weighted by atomic mass is 16.5. The molecule has 30 heavy (non-hydrogen) atoms. The van der Waals surface area contributed by atoms with Crippen LogP contribution >= 0.6 is 0 Å². The smallest absolute Gasteiger partial charge is 0.342 e. The van der Waals surface area contributed by atoms with Crippen LogP contribution < -0.4 is 19.5 Å². The van der Waals surface area contributed by atoms with E-state index in [9.17, 15) is 14.4 Å². The fourth-order valence-electron chi connectivity index (χ4n) is 2.85. The summed E-state index contributed by atoms with van der Waals surface area (Å²) in [6.45, 7) is 0.850. The Bertz CT molecular complexity index is 896. The number of hydrogen-bond acceptors (Lipinski definition) is 7. The molecule has 0 saturated heterocycles. The summed E-state index contributed by atoms with van der Waals surface area (Å²) in [6.07, 6.45) is 0.347. The number of ketones is 1. The number of esters is 1. The van der Waals surface area contributed by atoms with Gasteiger partial charge in [-0.15, -0.1) is 0 Å². The maximum absolute atomic E-state index is 12.5. The van der Waals surface area contributed by atoms with E-state index in [1.807, 2.05) is 30.3 Å². The number of benzene rings is 2. The van der Waals surface area contributed by atoms with Crippen molar-refractivity contribution in [2.24, 2.45) is 0 Å². The highest BCUT2D eigenvalue weighted by Gasteiger charge is 2.23. The van der Waals surface area contributed by atoms with E-state index in [0.29, 0.717) is 12.2 Å². The Morgan fingerprint density at radius 2 is 1.57 bits per heavy atom. The van der Waals surface area contributed by atoms with Gasteiger partial charge >= 0.3 is 5.97 Å². The van der Waals surface area contributed by atoms with Crippen LogP contribution in [0.2, 0.25) is 0 Å². The lowest BCUT2D eigenvalue weighted by Gasteiger charge is -2.17. The molecule has 1 atom stereocenters. The Balaban J connectivity index is 2.03. The molecule has 0 unspecified atom stereocenters. The summed E-state index contributed by atoms with van der Waals surface area (Å²) in [5, 5.41) is 2.60. The zero-order valence-electron chi connectivity index (χ0n) is 17.4. The molecule has 0 radical (unpaired) electrons. The quantitative estimate of drug-likeness (QED) is 0.594. The summed E-state index contributed by atoms with van der Waals surface area (Å²) < 4.78 is 20.8. The summed E-state index contributed by atoms with van der Waals surface area (Å²) in [4.78, 5) is 36.6. The molecule has 0 aliphatic heterocycles.